The largest absolute Gasteiger partial charge is 0.468 e. The smallest absolute Gasteiger partial charge is 0.417 e. The molecule has 39 heavy (non-hydrogen) atoms. The molecule has 6 nitrogen and oxygen atoms in total. The number of esters is 1. The molecule has 3 rings (SSSR count). The molecular weight excluding hydrogens is 572 g/mol. The minimum Gasteiger partial charge on any atom is -0.468 e. The van der Waals surface area contributed by atoms with Crippen LogP contribution in [0.1, 0.15) is 29.5 Å². The van der Waals surface area contributed by atoms with Gasteiger partial charge in [0.1, 0.15) is 12.0 Å². The first-order valence-corrected chi connectivity index (χ1v) is 13.2. The van der Waals surface area contributed by atoms with Crippen LogP contribution in [0.4, 0.5) is 32.0 Å². The van der Waals surface area contributed by atoms with Gasteiger partial charge in [-0.15, -0.1) is 0 Å². The van der Waals surface area contributed by atoms with Crippen molar-refractivity contribution in [2.75, 3.05) is 37.5 Å². The highest BCUT2D eigenvalue weighted by Gasteiger charge is 2.50. The van der Waals surface area contributed by atoms with Gasteiger partial charge in [0, 0.05) is 11.3 Å². The number of carbonyl (C=O) groups excluding carboxylic acids is 2. The zero-order valence-electron chi connectivity index (χ0n) is 20.8. The third-order valence-corrected chi connectivity index (χ3v) is 7.05. The Bertz CT molecular complexity index is 1240. The summed E-state index contributed by atoms with van der Waals surface area (Å²) < 4.78 is 83.3. The van der Waals surface area contributed by atoms with Crippen molar-refractivity contribution in [3.05, 3.63) is 64.2 Å². The van der Waals surface area contributed by atoms with Gasteiger partial charge in [0.25, 0.3) is 0 Å². The summed E-state index contributed by atoms with van der Waals surface area (Å²) in [7, 11) is 1.18. The second-order valence-corrected chi connectivity index (χ2v) is 10.1. The van der Waals surface area contributed by atoms with E-state index in [0.29, 0.717) is 12.2 Å². The number of halogens is 7. The lowest BCUT2D eigenvalue weighted by Gasteiger charge is -2.28. The first-order chi connectivity index (χ1) is 18.2. The Kier molecular flexibility index (Phi) is 9.47. The quantitative estimate of drug-likeness (QED) is 0.208. The first-order valence-electron chi connectivity index (χ1n) is 11.5. The Morgan fingerprint density at radius 1 is 1.10 bits per heavy atom. The van der Waals surface area contributed by atoms with E-state index in [4.69, 9.17) is 16.3 Å². The summed E-state index contributed by atoms with van der Waals surface area (Å²) in [4.78, 5) is 25.8. The van der Waals surface area contributed by atoms with E-state index in [1.165, 1.54) is 23.9 Å². The molecule has 0 saturated heterocycles. The van der Waals surface area contributed by atoms with Crippen LogP contribution in [0.3, 0.4) is 0 Å². The number of amides is 1. The Balaban J connectivity index is 1.92. The average Bonchev–Trinajstić information content (AvgIpc) is 3.21. The highest BCUT2D eigenvalue weighted by atomic mass is 35.5. The van der Waals surface area contributed by atoms with Gasteiger partial charge < -0.3 is 10.1 Å². The molecule has 14 heteroatoms. The summed E-state index contributed by atoms with van der Waals surface area (Å²) in [6.07, 6.45) is -6.57. The fourth-order valence-corrected chi connectivity index (χ4v) is 4.98. The van der Waals surface area contributed by atoms with E-state index >= 15 is 0 Å². The highest BCUT2D eigenvalue weighted by Crippen LogP contribution is 2.40. The molecule has 0 saturated carbocycles. The fourth-order valence-electron chi connectivity index (χ4n) is 4.26. The predicted molar refractivity (Wildman–Crippen MR) is 137 cm³/mol. The molecule has 0 radical (unpaired) electrons. The van der Waals surface area contributed by atoms with Gasteiger partial charge in [0.2, 0.25) is 5.91 Å². The number of benzene rings is 2. The number of hydrogen-bond acceptors (Lipinski definition) is 6. The molecule has 2 aromatic rings. The maximum Gasteiger partial charge on any atom is 0.417 e. The zero-order valence-corrected chi connectivity index (χ0v) is 22.3. The van der Waals surface area contributed by atoms with Crippen LogP contribution >= 0.6 is 23.4 Å². The van der Waals surface area contributed by atoms with Gasteiger partial charge in [-0.25, -0.2) is 0 Å². The van der Waals surface area contributed by atoms with E-state index in [-0.39, 0.29) is 36.5 Å². The number of alkyl halides is 6. The average molecular weight is 596 g/mol. The number of rotatable bonds is 9. The Morgan fingerprint density at radius 3 is 2.31 bits per heavy atom. The van der Waals surface area contributed by atoms with E-state index < -0.39 is 45.8 Å². The molecule has 0 spiro atoms. The molecule has 0 bridgehead atoms. The van der Waals surface area contributed by atoms with Crippen LogP contribution in [0.2, 0.25) is 5.02 Å². The number of nitrogens with one attached hydrogen (secondary N) is 1. The molecule has 1 heterocycles. The number of carbonyl (C=O) groups is 2. The maximum absolute atomic E-state index is 13.3. The molecule has 1 unspecified atom stereocenters. The minimum absolute atomic E-state index is 0.105. The van der Waals surface area contributed by atoms with Gasteiger partial charge in [-0.2, -0.15) is 43.2 Å². The van der Waals surface area contributed by atoms with E-state index in [0.717, 1.165) is 42.5 Å². The first kappa shape index (κ1) is 30.6. The van der Waals surface area contributed by atoms with Crippen molar-refractivity contribution in [3.63, 3.8) is 0 Å². The maximum atomic E-state index is 13.3. The van der Waals surface area contributed by atoms with Crippen molar-refractivity contribution in [1.29, 1.82) is 0 Å². The topological polar surface area (TPSA) is 71.0 Å². The van der Waals surface area contributed by atoms with Crippen molar-refractivity contribution in [1.82, 2.24) is 5.01 Å². The van der Waals surface area contributed by atoms with Gasteiger partial charge in [-0.1, -0.05) is 17.7 Å². The molecule has 1 aliphatic rings. The summed E-state index contributed by atoms with van der Waals surface area (Å²) in [6.45, 7) is -0.497. The van der Waals surface area contributed by atoms with Gasteiger partial charge in [-0.3, -0.25) is 14.6 Å². The molecule has 0 aliphatic carbocycles. The predicted octanol–water partition coefficient (Wildman–Crippen LogP) is 6.34. The normalized spacial score (nSPS) is 17.7. The monoisotopic (exact) mass is 595 g/mol. The van der Waals surface area contributed by atoms with Gasteiger partial charge in [0.15, 0.2) is 0 Å². The van der Waals surface area contributed by atoms with Gasteiger partial charge >= 0.3 is 18.3 Å². The highest BCUT2D eigenvalue weighted by molar-refractivity contribution is 7.98. The number of ether oxygens (including phenoxy) is 1. The standard InChI is InChI=1S/C25H24ClF6N3O3S/c1-38-22(37)23(10-3-11-39-2)14-35(13-20(36)33-17-7-5-16(6-8-17)24(27,28)29)34-21(23)15-4-9-18(19(26)12-15)25(30,31)32/h4-9,12H,3,10-11,13-14H2,1-2H3,(H,33,36). The SMILES string of the molecule is COC(=O)C1(CCCSC)CN(CC(=O)Nc2ccc(C(F)(F)F)cc2)N=C1c1ccc(C(F)(F)F)c(Cl)c1. The third-order valence-electron chi connectivity index (χ3n) is 6.05. The van der Waals surface area contributed by atoms with E-state index in [2.05, 4.69) is 10.4 Å². The van der Waals surface area contributed by atoms with Crippen molar-refractivity contribution >= 4 is 46.6 Å². The molecule has 1 N–H and O–H groups in total. The van der Waals surface area contributed by atoms with Gasteiger partial charge in [0.05, 0.1) is 35.5 Å². The van der Waals surface area contributed by atoms with E-state index in [9.17, 15) is 35.9 Å². The summed E-state index contributed by atoms with van der Waals surface area (Å²) >= 11 is 7.47. The molecule has 2 aromatic carbocycles. The lowest BCUT2D eigenvalue weighted by atomic mass is 9.76. The van der Waals surface area contributed by atoms with Crippen LogP contribution in [0.5, 0.6) is 0 Å². The molecule has 1 amide bonds. The van der Waals surface area contributed by atoms with Crippen LogP contribution in [0.15, 0.2) is 47.6 Å². The van der Waals surface area contributed by atoms with Crippen molar-refractivity contribution in [2.24, 2.45) is 10.5 Å². The number of methoxy groups -OCH3 is 1. The third kappa shape index (κ3) is 7.18. The number of anilines is 1. The summed E-state index contributed by atoms with van der Waals surface area (Å²) in [5.41, 5.74) is -2.95. The van der Waals surface area contributed by atoms with E-state index in [1.54, 1.807) is 0 Å². The number of hydrogen-bond donors (Lipinski definition) is 1. The van der Waals surface area contributed by atoms with Crippen LogP contribution in [0, 0.1) is 5.41 Å². The summed E-state index contributed by atoms with van der Waals surface area (Å²) in [6, 6.07) is 6.88. The molecule has 1 atom stereocenters. The number of nitrogens with zero attached hydrogens (tertiary/aromatic N) is 2. The van der Waals surface area contributed by atoms with Crippen LogP contribution in [-0.4, -0.2) is 54.8 Å². The van der Waals surface area contributed by atoms with Crippen LogP contribution < -0.4 is 5.32 Å². The molecule has 212 valence electrons. The second-order valence-electron chi connectivity index (χ2n) is 8.76. The Morgan fingerprint density at radius 2 is 1.77 bits per heavy atom. The van der Waals surface area contributed by atoms with Crippen molar-refractivity contribution in [3.8, 4) is 0 Å². The van der Waals surface area contributed by atoms with Crippen LogP contribution in [0.25, 0.3) is 0 Å². The number of hydrazone groups is 1. The van der Waals surface area contributed by atoms with Gasteiger partial charge in [-0.05, 0) is 61.2 Å². The van der Waals surface area contributed by atoms with Crippen LogP contribution in [-0.2, 0) is 26.7 Å². The Labute approximate surface area is 229 Å². The number of thioether (sulfide) groups is 1. The molecular formula is C25H24ClF6N3O3S. The molecule has 0 fully saturated rings. The lowest BCUT2D eigenvalue weighted by Crippen LogP contribution is -2.44. The van der Waals surface area contributed by atoms with Crippen molar-refractivity contribution in [2.45, 2.75) is 25.2 Å². The fraction of sp³-hybridized carbons (Fsp3) is 0.400. The summed E-state index contributed by atoms with van der Waals surface area (Å²) in [5, 5.41) is 7.58. The zero-order chi connectivity index (χ0) is 29.0. The van der Waals surface area contributed by atoms with E-state index in [1.807, 2.05) is 6.26 Å². The minimum atomic E-state index is -4.69. The van der Waals surface area contributed by atoms with Crippen molar-refractivity contribution < 1.29 is 40.7 Å². The summed E-state index contributed by atoms with van der Waals surface area (Å²) in [5.74, 6) is -0.633. The Hall–Kier alpha value is -2.93. The lowest BCUT2D eigenvalue weighted by molar-refractivity contribution is -0.149. The molecule has 0 aromatic heterocycles. The second kappa shape index (κ2) is 12.1. The molecule has 1 aliphatic heterocycles.